The van der Waals surface area contributed by atoms with Gasteiger partial charge in [-0.3, -0.25) is 0 Å². The number of imidazole rings is 1. The number of benzene rings is 1. The molecule has 2 rings (SSSR count). The summed E-state index contributed by atoms with van der Waals surface area (Å²) < 4.78 is 2.13. The fourth-order valence-electron chi connectivity index (χ4n) is 1.61. The molecule has 1 heterocycles. The van der Waals surface area contributed by atoms with Gasteiger partial charge in [-0.1, -0.05) is 19.9 Å². The van der Waals surface area contributed by atoms with Gasteiger partial charge in [-0.05, 0) is 38.0 Å². The Kier molecular flexibility index (Phi) is 3.51. The number of aromatic nitrogens is 2. The Hall–Kier alpha value is -1.31. The Bertz CT molecular complexity index is 467. The lowest BCUT2D eigenvalue weighted by Gasteiger charge is -2.00. The minimum Gasteiger partial charge on any atom is -0.331 e. The van der Waals surface area contributed by atoms with E-state index >= 15 is 0 Å². The maximum Gasteiger partial charge on any atom is 0.106 e. The predicted molar refractivity (Wildman–Crippen MR) is 66.3 cm³/mol. The summed E-state index contributed by atoms with van der Waals surface area (Å²) in [6.45, 7) is 10.3. The number of aryl methyl sites for hydroxylation is 4. The lowest BCUT2D eigenvalue weighted by molar-refractivity contribution is 0.886. The molecule has 0 aliphatic rings. The van der Waals surface area contributed by atoms with Crippen LogP contribution in [0.2, 0.25) is 0 Å². The fourth-order valence-corrected chi connectivity index (χ4v) is 1.61. The highest BCUT2D eigenvalue weighted by molar-refractivity contribution is 5.80. The molecule has 0 fully saturated rings. The van der Waals surface area contributed by atoms with E-state index in [1.165, 1.54) is 16.6 Å². The Labute approximate surface area is 91.9 Å². The number of fused-ring (bicyclic) bond motifs is 1. The van der Waals surface area contributed by atoms with E-state index in [0.29, 0.717) is 0 Å². The molecular weight excluding hydrogens is 184 g/mol. The largest absolute Gasteiger partial charge is 0.331 e. The van der Waals surface area contributed by atoms with Crippen molar-refractivity contribution in [3.05, 3.63) is 29.1 Å². The van der Waals surface area contributed by atoms with Gasteiger partial charge in [0.2, 0.25) is 0 Å². The van der Waals surface area contributed by atoms with E-state index < -0.39 is 0 Å². The van der Waals surface area contributed by atoms with Gasteiger partial charge in [0.25, 0.3) is 0 Å². The van der Waals surface area contributed by atoms with Gasteiger partial charge in [0.1, 0.15) is 5.82 Å². The molecule has 0 N–H and O–H groups in total. The second-order valence-electron chi connectivity index (χ2n) is 3.59. The highest BCUT2D eigenvalue weighted by Crippen LogP contribution is 2.20. The van der Waals surface area contributed by atoms with Crippen molar-refractivity contribution in [1.29, 1.82) is 0 Å². The lowest BCUT2D eigenvalue weighted by atomic mass is 10.1. The molecule has 2 heteroatoms. The van der Waals surface area contributed by atoms with Crippen LogP contribution in [0.3, 0.4) is 0 Å². The first-order valence-corrected chi connectivity index (χ1v) is 5.50. The maximum atomic E-state index is 4.54. The summed E-state index contributed by atoms with van der Waals surface area (Å²) in [5.74, 6) is 1.07. The van der Waals surface area contributed by atoms with Gasteiger partial charge in [-0.2, -0.15) is 0 Å². The molecular formula is C13H20N2. The molecule has 0 amide bonds. The molecule has 0 spiro atoms. The van der Waals surface area contributed by atoms with Crippen LogP contribution in [0, 0.1) is 20.8 Å². The summed E-state index contributed by atoms with van der Waals surface area (Å²) in [7, 11) is 2.06. The minimum atomic E-state index is 1.07. The molecule has 1 aromatic heterocycles. The summed E-state index contributed by atoms with van der Waals surface area (Å²) in [6, 6.07) is 4.29. The average Bonchev–Trinajstić information content (AvgIpc) is 2.54. The van der Waals surface area contributed by atoms with Crippen molar-refractivity contribution < 1.29 is 0 Å². The van der Waals surface area contributed by atoms with Gasteiger partial charge in [-0.15, -0.1) is 0 Å². The minimum absolute atomic E-state index is 1.07. The van der Waals surface area contributed by atoms with Crippen LogP contribution >= 0.6 is 0 Å². The molecule has 15 heavy (non-hydrogen) atoms. The predicted octanol–water partition coefficient (Wildman–Crippen LogP) is 3.52. The molecule has 0 aliphatic heterocycles. The molecule has 0 radical (unpaired) electrons. The smallest absolute Gasteiger partial charge is 0.106 e. The van der Waals surface area contributed by atoms with Crippen molar-refractivity contribution in [2.45, 2.75) is 34.6 Å². The second-order valence-corrected chi connectivity index (χ2v) is 3.59. The number of hydrogen-bond donors (Lipinski definition) is 0. The Morgan fingerprint density at radius 3 is 2.27 bits per heavy atom. The zero-order chi connectivity index (χ0) is 11.6. The topological polar surface area (TPSA) is 17.8 Å². The van der Waals surface area contributed by atoms with Crippen LogP contribution in [0.15, 0.2) is 12.1 Å². The molecule has 0 aliphatic carbocycles. The molecule has 1 aromatic carbocycles. The molecule has 0 saturated heterocycles. The van der Waals surface area contributed by atoms with Gasteiger partial charge in [-0.25, -0.2) is 4.98 Å². The van der Waals surface area contributed by atoms with Crippen molar-refractivity contribution in [2.24, 2.45) is 7.05 Å². The highest BCUT2D eigenvalue weighted by Gasteiger charge is 2.06. The normalized spacial score (nSPS) is 10.0. The Morgan fingerprint density at radius 1 is 1.07 bits per heavy atom. The van der Waals surface area contributed by atoms with Crippen molar-refractivity contribution in [3.8, 4) is 0 Å². The van der Waals surface area contributed by atoms with Crippen molar-refractivity contribution in [3.63, 3.8) is 0 Å². The zero-order valence-electron chi connectivity index (χ0n) is 10.5. The third-order valence-corrected chi connectivity index (χ3v) is 2.80. The molecule has 0 unspecified atom stereocenters. The number of hydrogen-bond acceptors (Lipinski definition) is 1. The molecule has 0 bridgehead atoms. The quantitative estimate of drug-likeness (QED) is 0.642. The van der Waals surface area contributed by atoms with Crippen LogP contribution in [0.25, 0.3) is 11.0 Å². The standard InChI is InChI=1S/C11H14N2.C2H6/c1-7-5-6-10-11(8(7)2)12-9(3)13(10)4;1-2/h5-6H,1-4H3;1-2H3. The van der Waals surface area contributed by atoms with Crippen LogP contribution in [0.5, 0.6) is 0 Å². The van der Waals surface area contributed by atoms with Gasteiger partial charge in [0.05, 0.1) is 11.0 Å². The summed E-state index contributed by atoms with van der Waals surface area (Å²) in [5.41, 5.74) is 4.97. The molecule has 0 saturated carbocycles. The first-order valence-electron chi connectivity index (χ1n) is 5.50. The van der Waals surface area contributed by atoms with E-state index in [1.54, 1.807) is 0 Å². The second kappa shape index (κ2) is 4.47. The fraction of sp³-hybridized carbons (Fsp3) is 0.462. The van der Waals surface area contributed by atoms with E-state index in [2.05, 4.69) is 42.6 Å². The molecule has 82 valence electrons. The molecule has 2 aromatic rings. The van der Waals surface area contributed by atoms with Crippen LogP contribution in [0.1, 0.15) is 30.8 Å². The number of nitrogens with zero attached hydrogens (tertiary/aromatic N) is 2. The van der Waals surface area contributed by atoms with Gasteiger partial charge in [0, 0.05) is 7.05 Å². The average molecular weight is 204 g/mol. The highest BCUT2D eigenvalue weighted by atomic mass is 15.0. The van der Waals surface area contributed by atoms with Crippen LogP contribution < -0.4 is 0 Å². The van der Waals surface area contributed by atoms with Crippen molar-refractivity contribution in [2.75, 3.05) is 0 Å². The van der Waals surface area contributed by atoms with E-state index in [4.69, 9.17) is 0 Å². The molecule has 2 nitrogen and oxygen atoms in total. The first kappa shape index (κ1) is 11.8. The Morgan fingerprint density at radius 2 is 1.67 bits per heavy atom. The third kappa shape index (κ3) is 1.89. The summed E-state index contributed by atoms with van der Waals surface area (Å²) in [6.07, 6.45) is 0. The number of rotatable bonds is 0. The van der Waals surface area contributed by atoms with E-state index in [1.807, 2.05) is 20.8 Å². The Balaban J connectivity index is 0.000000531. The summed E-state index contributed by atoms with van der Waals surface area (Å²) in [4.78, 5) is 4.54. The monoisotopic (exact) mass is 204 g/mol. The lowest BCUT2D eigenvalue weighted by Crippen LogP contribution is -1.90. The summed E-state index contributed by atoms with van der Waals surface area (Å²) in [5, 5.41) is 0. The van der Waals surface area contributed by atoms with E-state index in [9.17, 15) is 0 Å². The SMILES string of the molecule is CC.Cc1ccc2c(nc(C)n2C)c1C. The first-order chi connectivity index (χ1) is 7.11. The summed E-state index contributed by atoms with van der Waals surface area (Å²) >= 11 is 0. The van der Waals surface area contributed by atoms with Crippen molar-refractivity contribution in [1.82, 2.24) is 9.55 Å². The van der Waals surface area contributed by atoms with Gasteiger partial charge in [0.15, 0.2) is 0 Å². The van der Waals surface area contributed by atoms with Gasteiger partial charge >= 0.3 is 0 Å². The van der Waals surface area contributed by atoms with Crippen LogP contribution in [0.4, 0.5) is 0 Å². The van der Waals surface area contributed by atoms with E-state index in [0.717, 1.165) is 11.3 Å². The molecule has 0 atom stereocenters. The van der Waals surface area contributed by atoms with Crippen LogP contribution in [-0.4, -0.2) is 9.55 Å². The van der Waals surface area contributed by atoms with Crippen LogP contribution in [-0.2, 0) is 7.05 Å². The van der Waals surface area contributed by atoms with Gasteiger partial charge < -0.3 is 4.57 Å². The van der Waals surface area contributed by atoms with Crippen molar-refractivity contribution >= 4 is 11.0 Å². The maximum absolute atomic E-state index is 4.54. The zero-order valence-corrected chi connectivity index (χ0v) is 10.5. The van der Waals surface area contributed by atoms with E-state index in [-0.39, 0.29) is 0 Å². The third-order valence-electron chi connectivity index (χ3n) is 2.80.